The van der Waals surface area contributed by atoms with Crippen LogP contribution in [0, 0.1) is 5.92 Å². The summed E-state index contributed by atoms with van der Waals surface area (Å²) in [5, 5.41) is 13.9. The Balaban J connectivity index is 2.43. The van der Waals surface area contributed by atoms with Gasteiger partial charge in [-0.25, -0.2) is 9.59 Å². The molecule has 3 atom stereocenters. The van der Waals surface area contributed by atoms with Gasteiger partial charge < -0.3 is 21.5 Å². The summed E-state index contributed by atoms with van der Waals surface area (Å²) in [6.45, 7) is 2.12. The van der Waals surface area contributed by atoms with Crippen molar-refractivity contribution in [3.05, 3.63) is 0 Å². The molecular weight excluding hydrogens is 250 g/mol. The molecule has 0 spiro atoms. The fraction of sp³-hybridized carbons (Fsp3) is 0.750. The molecule has 0 aromatic heterocycles. The molecule has 1 aliphatic carbocycles. The number of hydrogen-bond acceptors (Lipinski definition) is 3. The van der Waals surface area contributed by atoms with E-state index in [2.05, 4.69) is 17.6 Å². The lowest BCUT2D eigenvalue weighted by molar-refractivity contribution is -0.140. The quantitative estimate of drug-likeness (QED) is 0.570. The summed E-state index contributed by atoms with van der Waals surface area (Å²) in [7, 11) is 0. The molecule has 1 aliphatic rings. The molecule has 0 heterocycles. The van der Waals surface area contributed by atoms with Crippen molar-refractivity contribution in [2.75, 3.05) is 0 Å². The fourth-order valence-electron chi connectivity index (χ4n) is 2.35. The Labute approximate surface area is 111 Å². The van der Waals surface area contributed by atoms with Gasteiger partial charge in [0.25, 0.3) is 0 Å². The highest BCUT2D eigenvalue weighted by Gasteiger charge is 2.25. The van der Waals surface area contributed by atoms with Crippen LogP contribution in [0.25, 0.3) is 0 Å². The van der Waals surface area contributed by atoms with Gasteiger partial charge >= 0.3 is 12.0 Å². The Morgan fingerprint density at radius 2 is 2.05 bits per heavy atom. The van der Waals surface area contributed by atoms with Crippen LogP contribution in [0.1, 0.15) is 39.0 Å². The van der Waals surface area contributed by atoms with Gasteiger partial charge in [0.05, 0.1) is 6.42 Å². The van der Waals surface area contributed by atoms with E-state index in [4.69, 9.17) is 10.8 Å². The number of urea groups is 1. The Kier molecular flexibility index (Phi) is 5.59. The van der Waals surface area contributed by atoms with E-state index in [0.717, 1.165) is 25.7 Å². The molecule has 0 radical (unpaired) electrons. The van der Waals surface area contributed by atoms with E-state index >= 15 is 0 Å². The summed E-state index contributed by atoms with van der Waals surface area (Å²) in [5.74, 6) is -1.48. The molecule has 5 N–H and O–H groups in total. The second-order valence-corrected chi connectivity index (χ2v) is 5.15. The topological polar surface area (TPSA) is 122 Å². The minimum absolute atomic E-state index is 0.0618. The minimum atomic E-state index is -1.28. The summed E-state index contributed by atoms with van der Waals surface area (Å²) in [6.07, 6.45) is 3.57. The van der Waals surface area contributed by atoms with Crippen molar-refractivity contribution in [1.29, 1.82) is 0 Å². The average molecular weight is 271 g/mol. The predicted octanol–water partition coefficient (Wildman–Crippen LogP) is 0.193. The third-order valence-electron chi connectivity index (χ3n) is 3.28. The lowest BCUT2D eigenvalue weighted by Gasteiger charge is -2.28. The van der Waals surface area contributed by atoms with Crippen molar-refractivity contribution in [2.24, 2.45) is 11.7 Å². The number of carboxylic acids is 1. The maximum atomic E-state index is 11.7. The minimum Gasteiger partial charge on any atom is -0.480 e. The molecule has 3 amide bonds. The van der Waals surface area contributed by atoms with Crippen molar-refractivity contribution < 1.29 is 19.5 Å². The number of carbonyl (C=O) groups is 3. The molecule has 19 heavy (non-hydrogen) atoms. The Bertz CT molecular complexity index is 359. The Morgan fingerprint density at radius 1 is 1.37 bits per heavy atom. The van der Waals surface area contributed by atoms with Crippen LogP contribution in [0.2, 0.25) is 0 Å². The number of amides is 3. The normalized spacial score (nSPS) is 24.3. The van der Waals surface area contributed by atoms with Crippen molar-refractivity contribution in [3.8, 4) is 0 Å². The molecule has 0 aromatic carbocycles. The molecule has 2 unspecified atom stereocenters. The molecule has 1 rings (SSSR count). The molecule has 0 aliphatic heterocycles. The zero-order valence-corrected chi connectivity index (χ0v) is 11.0. The van der Waals surface area contributed by atoms with Crippen LogP contribution >= 0.6 is 0 Å². The second-order valence-electron chi connectivity index (χ2n) is 5.15. The number of aliphatic carboxylic acids is 1. The van der Waals surface area contributed by atoms with Gasteiger partial charge in [0.2, 0.25) is 5.91 Å². The molecule has 0 saturated heterocycles. The fourth-order valence-corrected chi connectivity index (χ4v) is 2.35. The molecule has 1 fully saturated rings. The predicted molar refractivity (Wildman–Crippen MR) is 68.3 cm³/mol. The van der Waals surface area contributed by atoms with Gasteiger partial charge in [-0.05, 0) is 18.8 Å². The van der Waals surface area contributed by atoms with Gasteiger partial charge in [-0.1, -0.05) is 19.8 Å². The summed E-state index contributed by atoms with van der Waals surface area (Å²) >= 11 is 0. The van der Waals surface area contributed by atoms with Crippen molar-refractivity contribution in [1.82, 2.24) is 10.6 Å². The zero-order chi connectivity index (χ0) is 14.4. The number of nitrogens with one attached hydrogen (secondary N) is 2. The highest BCUT2D eigenvalue weighted by atomic mass is 16.4. The maximum Gasteiger partial charge on any atom is 0.326 e. The van der Waals surface area contributed by atoms with Crippen molar-refractivity contribution in [3.63, 3.8) is 0 Å². The number of carbonyl (C=O) groups excluding carboxylic acids is 2. The average Bonchev–Trinajstić information content (AvgIpc) is 2.27. The smallest absolute Gasteiger partial charge is 0.326 e. The van der Waals surface area contributed by atoms with E-state index in [-0.39, 0.29) is 6.04 Å². The van der Waals surface area contributed by atoms with Gasteiger partial charge in [-0.3, -0.25) is 4.79 Å². The summed E-state index contributed by atoms with van der Waals surface area (Å²) < 4.78 is 0. The molecule has 1 saturated carbocycles. The van der Waals surface area contributed by atoms with E-state index in [1.807, 2.05) is 0 Å². The molecule has 0 aromatic rings. The largest absolute Gasteiger partial charge is 0.480 e. The van der Waals surface area contributed by atoms with E-state index < -0.39 is 30.4 Å². The first-order valence-corrected chi connectivity index (χ1v) is 6.46. The Morgan fingerprint density at radius 3 is 2.58 bits per heavy atom. The van der Waals surface area contributed by atoms with E-state index in [1.54, 1.807) is 0 Å². The van der Waals surface area contributed by atoms with Crippen molar-refractivity contribution in [2.45, 2.75) is 51.1 Å². The molecular formula is C12H21N3O4. The van der Waals surface area contributed by atoms with Gasteiger partial charge in [0.1, 0.15) is 6.04 Å². The van der Waals surface area contributed by atoms with Crippen LogP contribution in [0.15, 0.2) is 0 Å². The first kappa shape index (κ1) is 15.3. The number of nitrogens with two attached hydrogens (primary N) is 1. The van der Waals surface area contributed by atoms with E-state index in [1.165, 1.54) is 0 Å². The first-order valence-electron chi connectivity index (χ1n) is 6.46. The number of primary amides is 1. The summed E-state index contributed by atoms with van der Waals surface area (Å²) in [6, 6.07) is -1.78. The lowest BCUT2D eigenvalue weighted by atomic mass is 9.87. The van der Waals surface area contributed by atoms with Crippen LogP contribution in [-0.4, -0.2) is 35.1 Å². The number of hydrogen-bond donors (Lipinski definition) is 4. The van der Waals surface area contributed by atoms with Crippen LogP contribution < -0.4 is 16.4 Å². The third-order valence-corrected chi connectivity index (χ3v) is 3.28. The first-order chi connectivity index (χ1) is 8.88. The van der Waals surface area contributed by atoms with Gasteiger partial charge in [0.15, 0.2) is 0 Å². The van der Waals surface area contributed by atoms with Crippen LogP contribution in [0.4, 0.5) is 4.79 Å². The molecule has 7 nitrogen and oxygen atoms in total. The second kappa shape index (κ2) is 6.96. The molecule has 108 valence electrons. The van der Waals surface area contributed by atoms with Gasteiger partial charge in [0, 0.05) is 6.04 Å². The van der Waals surface area contributed by atoms with Gasteiger partial charge in [-0.15, -0.1) is 0 Å². The SMILES string of the molecule is CC1CCCC(NC(=O)N[C@H](CC(N)=O)C(=O)O)C1. The Hall–Kier alpha value is -1.79. The molecule has 7 heteroatoms. The van der Waals surface area contributed by atoms with Crippen molar-refractivity contribution >= 4 is 17.9 Å². The zero-order valence-electron chi connectivity index (χ0n) is 11.0. The van der Waals surface area contributed by atoms with Gasteiger partial charge in [-0.2, -0.15) is 0 Å². The number of rotatable bonds is 5. The summed E-state index contributed by atoms with van der Waals surface area (Å²) in [4.78, 5) is 33.3. The monoisotopic (exact) mass is 271 g/mol. The third kappa shape index (κ3) is 5.58. The van der Waals surface area contributed by atoms with Crippen LogP contribution in [0.3, 0.4) is 0 Å². The lowest BCUT2D eigenvalue weighted by Crippen LogP contribution is -2.50. The van der Waals surface area contributed by atoms with E-state index in [9.17, 15) is 14.4 Å². The standard InChI is InChI=1S/C12H21N3O4/c1-7-3-2-4-8(5-7)14-12(19)15-9(11(17)18)6-10(13)16/h7-9H,2-6H2,1H3,(H2,13,16)(H,17,18)(H2,14,15,19)/t7?,8?,9-/m1/s1. The van der Waals surface area contributed by atoms with E-state index in [0.29, 0.717) is 5.92 Å². The van der Waals surface area contributed by atoms with Crippen LogP contribution in [0.5, 0.6) is 0 Å². The molecule has 0 bridgehead atoms. The highest BCUT2D eigenvalue weighted by Crippen LogP contribution is 2.23. The maximum absolute atomic E-state index is 11.7. The van der Waals surface area contributed by atoms with Crippen LogP contribution in [-0.2, 0) is 9.59 Å². The highest BCUT2D eigenvalue weighted by molar-refractivity contribution is 5.87. The number of carboxylic acid groups (broad SMARTS) is 1. The summed E-state index contributed by atoms with van der Waals surface area (Å²) in [5.41, 5.74) is 4.94.